The quantitative estimate of drug-likeness (QED) is 0.646. The van der Waals surface area contributed by atoms with Gasteiger partial charge in [0.15, 0.2) is 0 Å². The van der Waals surface area contributed by atoms with Crippen LogP contribution in [-0.4, -0.2) is 0 Å². The van der Waals surface area contributed by atoms with E-state index in [-0.39, 0.29) is 5.38 Å². The third-order valence-corrected chi connectivity index (χ3v) is 3.87. The fourth-order valence-corrected chi connectivity index (χ4v) is 2.70. The number of hydrogen-bond acceptors (Lipinski definition) is 0. The van der Waals surface area contributed by atoms with Gasteiger partial charge >= 0.3 is 0 Å². The Hall–Kier alpha value is -0.790. The Kier molecular flexibility index (Phi) is 4.47. The lowest BCUT2D eigenvalue weighted by Gasteiger charge is -2.12. The van der Waals surface area contributed by atoms with Gasteiger partial charge in [0.2, 0.25) is 0 Å². The van der Waals surface area contributed by atoms with Gasteiger partial charge in [-0.2, -0.15) is 0 Å². The van der Waals surface area contributed by atoms with E-state index in [1.165, 1.54) is 22.3 Å². The zero-order chi connectivity index (χ0) is 13.1. The average molecular weight is 324 g/mol. The van der Waals surface area contributed by atoms with Crippen LogP contribution in [0.4, 0.5) is 0 Å². The van der Waals surface area contributed by atoms with E-state index in [0.29, 0.717) is 0 Å². The highest BCUT2D eigenvalue weighted by Gasteiger charge is 2.09. The molecule has 18 heavy (non-hydrogen) atoms. The molecule has 0 aliphatic heterocycles. The molecule has 0 aromatic heterocycles. The summed E-state index contributed by atoms with van der Waals surface area (Å²) in [5.41, 5.74) is 5.01. The average Bonchev–Trinajstić information content (AvgIpc) is 2.31. The van der Waals surface area contributed by atoms with Crippen molar-refractivity contribution in [3.8, 4) is 0 Å². The van der Waals surface area contributed by atoms with Crippen LogP contribution in [0.3, 0.4) is 0 Å². The summed E-state index contributed by atoms with van der Waals surface area (Å²) in [6.45, 7) is 4.22. The largest absolute Gasteiger partial charge is 0.117 e. The molecule has 2 heteroatoms. The summed E-state index contributed by atoms with van der Waals surface area (Å²) in [5, 5.41) is 0.0322. The van der Waals surface area contributed by atoms with Crippen LogP contribution in [0.2, 0.25) is 0 Å². The van der Waals surface area contributed by atoms with Gasteiger partial charge in [0.1, 0.15) is 0 Å². The fourth-order valence-electron chi connectivity index (χ4n) is 2.14. The van der Waals surface area contributed by atoms with Crippen molar-refractivity contribution in [3.05, 3.63) is 69.2 Å². The summed E-state index contributed by atoms with van der Waals surface area (Å²) in [7, 11) is 0. The van der Waals surface area contributed by atoms with Gasteiger partial charge in [0.05, 0.1) is 5.38 Å². The van der Waals surface area contributed by atoms with Crippen LogP contribution >= 0.6 is 27.5 Å². The predicted molar refractivity (Wildman–Crippen MR) is 82.4 cm³/mol. The molecule has 1 atom stereocenters. The maximum atomic E-state index is 6.51. The standard InChI is InChI=1S/C16H16BrCl/c1-11-7-12(2)9-14(8-11)16(18)10-13-3-5-15(17)6-4-13/h3-9,16H,10H2,1-2H3. The van der Waals surface area contributed by atoms with Crippen molar-refractivity contribution in [3.63, 3.8) is 0 Å². The maximum Gasteiger partial charge on any atom is 0.0625 e. The fraction of sp³-hybridized carbons (Fsp3) is 0.250. The molecule has 0 nitrogen and oxygen atoms in total. The summed E-state index contributed by atoms with van der Waals surface area (Å²) in [5.74, 6) is 0. The molecule has 2 rings (SSSR count). The van der Waals surface area contributed by atoms with Crippen LogP contribution in [0, 0.1) is 13.8 Å². The molecule has 94 valence electrons. The molecule has 2 aromatic carbocycles. The van der Waals surface area contributed by atoms with Gasteiger partial charge < -0.3 is 0 Å². The first-order valence-electron chi connectivity index (χ1n) is 6.01. The van der Waals surface area contributed by atoms with Crippen LogP contribution < -0.4 is 0 Å². The van der Waals surface area contributed by atoms with E-state index < -0.39 is 0 Å². The lowest BCUT2D eigenvalue weighted by Crippen LogP contribution is -1.97. The molecule has 0 saturated carbocycles. The summed E-state index contributed by atoms with van der Waals surface area (Å²) < 4.78 is 1.10. The van der Waals surface area contributed by atoms with Crippen molar-refractivity contribution >= 4 is 27.5 Å². The summed E-state index contributed by atoms with van der Waals surface area (Å²) >= 11 is 9.96. The van der Waals surface area contributed by atoms with Crippen molar-refractivity contribution in [1.29, 1.82) is 0 Å². The molecule has 0 bridgehead atoms. The maximum absolute atomic E-state index is 6.51. The van der Waals surface area contributed by atoms with Crippen molar-refractivity contribution < 1.29 is 0 Å². The Morgan fingerprint density at radius 2 is 1.56 bits per heavy atom. The first kappa shape index (κ1) is 13.6. The SMILES string of the molecule is Cc1cc(C)cc(C(Cl)Cc2ccc(Br)cc2)c1. The number of aryl methyl sites for hydroxylation is 2. The lowest BCUT2D eigenvalue weighted by atomic mass is 10.0. The van der Waals surface area contributed by atoms with E-state index in [1.807, 2.05) is 0 Å². The molecule has 0 aliphatic carbocycles. The van der Waals surface area contributed by atoms with E-state index in [4.69, 9.17) is 11.6 Å². The molecule has 0 amide bonds. The van der Waals surface area contributed by atoms with E-state index in [9.17, 15) is 0 Å². The predicted octanol–water partition coefficient (Wildman–Crippen LogP) is 5.59. The van der Waals surface area contributed by atoms with E-state index >= 15 is 0 Å². The number of benzene rings is 2. The number of halogens is 2. The van der Waals surface area contributed by atoms with Crippen molar-refractivity contribution in [1.82, 2.24) is 0 Å². The minimum absolute atomic E-state index is 0.0322. The lowest BCUT2D eigenvalue weighted by molar-refractivity contribution is 0.915. The Balaban J connectivity index is 2.16. The third-order valence-electron chi connectivity index (χ3n) is 2.93. The molecule has 2 aromatic rings. The molecule has 0 heterocycles. The van der Waals surface area contributed by atoms with Gasteiger partial charge in [-0.15, -0.1) is 11.6 Å². The second-order valence-electron chi connectivity index (χ2n) is 4.72. The molecule has 0 fully saturated rings. The Labute approximate surface area is 122 Å². The van der Waals surface area contributed by atoms with Crippen LogP contribution in [0.1, 0.15) is 27.6 Å². The first-order valence-corrected chi connectivity index (χ1v) is 7.24. The minimum atomic E-state index is 0.0322. The topological polar surface area (TPSA) is 0 Å². The van der Waals surface area contributed by atoms with Crippen molar-refractivity contribution in [2.45, 2.75) is 25.6 Å². The molecule has 0 saturated heterocycles. The third kappa shape index (κ3) is 3.60. The van der Waals surface area contributed by atoms with Crippen molar-refractivity contribution in [2.24, 2.45) is 0 Å². The van der Waals surface area contributed by atoms with Crippen LogP contribution in [0.25, 0.3) is 0 Å². The van der Waals surface area contributed by atoms with Gasteiger partial charge in [0, 0.05) is 4.47 Å². The van der Waals surface area contributed by atoms with Gasteiger partial charge in [-0.3, -0.25) is 0 Å². The number of alkyl halides is 1. The molecule has 0 spiro atoms. The highest BCUT2D eigenvalue weighted by Crippen LogP contribution is 2.27. The highest BCUT2D eigenvalue weighted by atomic mass is 79.9. The van der Waals surface area contributed by atoms with Gasteiger partial charge in [-0.25, -0.2) is 0 Å². The second kappa shape index (κ2) is 5.90. The normalized spacial score (nSPS) is 12.4. The number of hydrogen-bond donors (Lipinski definition) is 0. The van der Waals surface area contributed by atoms with Gasteiger partial charge in [-0.05, 0) is 43.5 Å². The second-order valence-corrected chi connectivity index (χ2v) is 6.16. The monoisotopic (exact) mass is 322 g/mol. The van der Waals surface area contributed by atoms with Crippen LogP contribution in [-0.2, 0) is 6.42 Å². The van der Waals surface area contributed by atoms with E-state index in [0.717, 1.165) is 10.9 Å². The Bertz CT molecular complexity index is 511. The molecular formula is C16H16BrCl. The molecular weight excluding hydrogens is 308 g/mol. The summed E-state index contributed by atoms with van der Waals surface area (Å²) in [6, 6.07) is 14.9. The minimum Gasteiger partial charge on any atom is -0.117 e. The summed E-state index contributed by atoms with van der Waals surface area (Å²) in [6.07, 6.45) is 0.859. The molecule has 0 N–H and O–H groups in total. The zero-order valence-electron chi connectivity index (χ0n) is 10.6. The smallest absolute Gasteiger partial charge is 0.0625 e. The van der Waals surface area contributed by atoms with E-state index in [2.05, 4.69) is 72.2 Å². The van der Waals surface area contributed by atoms with Crippen molar-refractivity contribution in [2.75, 3.05) is 0 Å². The summed E-state index contributed by atoms with van der Waals surface area (Å²) in [4.78, 5) is 0. The van der Waals surface area contributed by atoms with Crippen LogP contribution in [0.15, 0.2) is 46.9 Å². The zero-order valence-corrected chi connectivity index (χ0v) is 12.9. The van der Waals surface area contributed by atoms with Gasteiger partial charge in [-0.1, -0.05) is 57.4 Å². The Morgan fingerprint density at radius 1 is 1.00 bits per heavy atom. The van der Waals surface area contributed by atoms with E-state index in [1.54, 1.807) is 0 Å². The molecule has 1 unspecified atom stereocenters. The molecule has 0 radical (unpaired) electrons. The van der Waals surface area contributed by atoms with Crippen LogP contribution in [0.5, 0.6) is 0 Å². The van der Waals surface area contributed by atoms with Gasteiger partial charge in [0.25, 0.3) is 0 Å². The Morgan fingerprint density at radius 3 is 2.11 bits per heavy atom. The number of rotatable bonds is 3. The molecule has 0 aliphatic rings. The first-order chi connectivity index (χ1) is 8.54. The highest BCUT2D eigenvalue weighted by molar-refractivity contribution is 9.10.